The van der Waals surface area contributed by atoms with Gasteiger partial charge in [-0.3, -0.25) is 4.79 Å². The molecular weight excluding hydrogens is 190 g/mol. The summed E-state index contributed by atoms with van der Waals surface area (Å²) in [4.78, 5) is 21.4. The normalized spacial score (nSPS) is 10.6. The van der Waals surface area contributed by atoms with Crippen molar-refractivity contribution in [3.8, 4) is 0 Å². The Morgan fingerprint density at radius 1 is 1.54 bits per heavy atom. The van der Waals surface area contributed by atoms with E-state index >= 15 is 0 Å². The van der Waals surface area contributed by atoms with Crippen LogP contribution in [-0.2, 0) is 0 Å². The molecule has 2 aromatic rings. The molecule has 0 radical (unpaired) electrons. The van der Waals surface area contributed by atoms with Crippen molar-refractivity contribution in [2.75, 3.05) is 0 Å². The van der Waals surface area contributed by atoms with Crippen LogP contribution in [0.15, 0.2) is 6.33 Å². The Hall–Kier alpha value is -1.42. The highest BCUT2D eigenvalue weighted by Gasteiger charge is 2.11. The van der Waals surface area contributed by atoms with Gasteiger partial charge in [-0.15, -0.1) is 0 Å². The predicted octanol–water partition coefficient (Wildman–Crippen LogP) is 1.73. The number of nitrogens with zero attached hydrogens (tertiary/aromatic N) is 2. The minimum atomic E-state index is 0.314. The number of aromatic amines is 1. The number of fused-ring (bicyclic) bond motifs is 1. The minimum absolute atomic E-state index is 0.314. The Bertz CT molecular complexity index is 477. The summed E-state index contributed by atoms with van der Waals surface area (Å²) < 4.78 is 0. The maximum atomic E-state index is 10.7. The first-order chi connectivity index (χ1) is 6.24. The Labute approximate surface area is 79.0 Å². The largest absolute Gasteiger partial charge is 0.330 e. The van der Waals surface area contributed by atoms with E-state index in [2.05, 4.69) is 15.0 Å². The number of halogens is 1. The van der Waals surface area contributed by atoms with Gasteiger partial charge in [0.1, 0.15) is 17.1 Å². The van der Waals surface area contributed by atoms with E-state index in [0.29, 0.717) is 28.0 Å². The molecule has 0 saturated heterocycles. The molecule has 2 rings (SSSR count). The second-order valence-corrected chi connectivity index (χ2v) is 3.03. The van der Waals surface area contributed by atoms with Gasteiger partial charge in [0, 0.05) is 0 Å². The van der Waals surface area contributed by atoms with E-state index in [1.165, 1.54) is 6.33 Å². The SMILES string of the molecule is Cc1ncnc2[nH]c(Cl)c(C=O)c12. The van der Waals surface area contributed by atoms with Crippen molar-refractivity contribution >= 4 is 28.9 Å². The number of aromatic nitrogens is 3. The van der Waals surface area contributed by atoms with E-state index in [-0.39, 0.29) is 0 Å². The fourth-order valence-corrected chi connectivity index (χ4v) is 1.51. The van der Waals surface area contributed by atoms with Crippen molar-refractivity contribution in [2.24, 2.45) is 0 Å². The van der Waals surface area contributed by atoms with E-state index in [4.69, 9.17) is 11.6 Å². The molecule has 0 aromatic carbocycles. The smallest absolute Gasteiger partial charge is 0.153 e. The Balaban J connectivity index is 2.96. The van der Waals surface area contributed by atoms with Crippen LogP contribution in [0.2, 0.25) is 5.15 Å². The first-order valence-electron chi connectivity index (χ1n) is 3.68. The van der Waals surface area contributed by atoms with E-state index in [1.807, 2.05) is 0 Å². The molecule has 13 heavy (non-hydrogen) atoms. The zero-order valence-electron chi connectivity index (χ0n) is 6.84. The molecule has 0 spiro atoms. The number of rotatable bonds is 1. The topological polar surface area (TPSA) is 58.6 Å². The molecule has 0 unspecified atom stereocenters. The number of hydrogen-bond donors (Lipinski definition) is 1. The minimum Gasteiger partial charge on any atom is -0.330 e. The van der Waals surface area contributed by atoms with Crippen LogP contribution in [-0.4, -0.2) is 21.2 Å². The van der Waals surface area contributed by atoms with Crippen molar-refractivity contribution in [3.05, 3.63) is 22.7 Å². The zero-order chi connectivity index (χ0) is 9.42. The molecule has 0 saturated carbocycles. The summed E-state index contributed by atoms with van der Waals surface area (Å²) in [5.74, 6) is 0. The quantitative estimate of drug-likeness (QED) is 0.705. The van der Waals surface area contributed by atoms with Crippen molar-refractivity contribution in [3.63, 3.8) is 0 Å². The molecule has 1 N–H and O–H groups in total. The first-order valence-corrected chi connectivity index (χ1v) is 4.05. The maximum absolute atomic E-state index is 10.7. The number of hydrogen-bond acceptors (Lipinski definition) is 3. The molecule has 0 amide bonds. The van der Waals surface area contributed by atoms with Gasteiger partial charge in [0.05, 0.1) is 16.6 Å². The van der Waals surface area contributed by atoms with Crippen LogP contribution < -0.4 is 0 Å². The van der Waals surface area contributed by atoms with Gasteiger partial charge in [0.25, 0.3) is 0 Å². The summed E-state index contributed by atoms with van der Waals surface area (Å²) in [6.45, 7) is 1.81. The molecule has 0 aliphatic rings. The van der Waals surface area contributed by atoms with Gasteiger partial charge in [0.15, 0.2) is 6.29 Å². The second-order valence-electron chi connectivity index (χ2n) is 2.65. The Morgan fingerprint density at radius 3 is 3.00 bits per heavy atom. The van der Waals surface area contributed by atoms with Gasteiger partial charge in [-0.05, 0) is 6.92 Å². The number of aldehydes is 1. The van der Waals surface area contributed by atoms with Crippen molar-refractivity contribution < 1.29 is 4.79 Å². The standard InChI is InChI=1S/C8H6ClN3O/c1-4-6-5(2-13)7(9)12-8(6)11-3-10-4/h2-3H,1H3,(H,10,11,12). The van der Waals surface area contributed by atoms with Crippen LogP contribution in [0.25, 0.3) is 11.0 Å². The third-order valence-electron chi connectivity index (χ3n) is 1.89. The lowest BCUT2D eigenvalue weighted by atomic mass is 10.2. The van der Waals surface area contributed by atoms with Gasteiger partial charge >= 0.3 is 0 Å². The summed E-state index contributed by atoms with van der Waals surface area (Å²) >= 11 is 5.79. The fraction of sp³-hybridized carbons (Fsp3) is 0.125. The molecule has 0 aliphatic carbocycles. The summed E-state index contributed by atoms with van der Waals surface area (Å²) in [5, 5.41) is 1.01. The van der Waals surface area contributed by atoms with Crippen LogP contribution in [0, 0.1) is 6.92 Å². The van der Waals surface area contributed by atoms with Crippen LogP contribution in [0.3, 0.4) is 0 Å². The number of carbonyl (C=O) groups is 1. The van der Waals surface area contributed by atoms with Gasteiger partial charge < -0.3 is 4.98 Å². The zero-order valence-corrected chi connectivity index (χ0v) is 7.59. The summed E-state index contributed by atoms with van der Waals surface area (Å²) in [6.07, 6.45) is 2.14. The second kappa shape index (κ2) is 2.81. The van der Waals surface area contributed by atoms with Crippen molar-refractivity contribution in [1.82, 2.24) is 15.0 Å². The molecule has 0 atom stereocenters. The molecule has 5 heteroatoms. The van der Waals surface area contributed by atoms with Crippen LogP contribution in [0.1, 0.15) is 16.1 Å². The number of aryl methyl sites for hydroxylation is 1. The lowest BCUT2D eigenvalue weighted by Gasteiger charge is -1.92. The third-order valence-corrected chi connectivity index (χ3v) is 2.19. The van der Waals surface area contributed by atoms with E-state index in [0.717, 1.165) is 5.69 Å². The van der Waals surface area contributed by atoms with E-state index < -0.39 is 0 Å². The monoisotopic (exact) mass is 195 g/mol. The molecule has 0 bridgehead atoms. The maximum Gasteiger partial charge on any atom is 0.153 e. The van der Waals surface area contributed by atoms with E-state index in [9.17, 15) is 4.79 Å². The predicted molar refractivity (Wildman–Crippen MR) is 49.0 cm³/mol. The summed E-state index contributed by atoms with van der Waals surface area (Å²) in [6, 6.07) is 0. The summed E-state index contributed by atoms with van der Waals surface area (Å²) in [5.41, 5.74) is 1.77. The lowest BCUT2D eigenvalue weighted by Crippen LogP contribution is -1.86. The Morgan fingerprint density at radius 2 is 2.31 bits per heavy atom. The highest BCUT2D eigenvalue weighted by atomic mass is 35.5. The lowest BCUT2D eigenvalue weighted by molar-refractivity contribution is 0.112. The molecule has 2 heterocycles. The van der Waals surface area contributed by atoms with E-state index in [1.54, 1.807) is 6.92 Å². The molecule has 0 aliphatic heterocycles. The Kier molecular flexibility index (Phi) is 1.77. The average molecular weight is 196 g/mol. The molecule has 0 fully saturated rings. The van der Waals surface area contributed by atoms with Crippen LogP contribution in [0.4, 0.5) is 0 Å². The average Bonchev–Trinajstić information content (AvgIpc) is 2.42. The number of carbonyl (C=O) groups excluding carboxylic acids is 1. The number of nitrogens with one attached hydrogen (secondary N) is 1. The molecule has 4 nitrogen and oxygen atoms in total. The van der Waals surface area contributed by atoms with Crippen LogP contribution >= 0.6 is 11.6 Å². The highest BCUT2D eigenvalue weighted by Crippen LogP contribution is 2.24. The third kappa shape index (κ3) is 1.10. The van der Waals surface area contributed by atoms with Gasteiger partial charge in [0.2, 0.25) is 0 Å². The molecular formula is C8H6ClN3O. The summed E-state index contributed by atoms with van der Waals surface area (Å²) in [7, 11) is 0. The fourth-order valence-electron chi connectivity index (χ4n) is 1.28. The van der Waals surface area contributed by atoms with Gasteiger partial charge in [-0.2, -0.15) is 0 Å². The van der Waals surface area contributed by atoms with Gasteiger partial charge in [-0.25, -0.2) is 9.97 Å². The highest BCUT2D eigenvalue weighted by molar-refractivity contribution is 6.33. The molecule has 2 aromatic heterocycles. The number of H-pyrrole nitrogens is 1. The first kappa shape index (κ1) is 8.19. The van der Waals surface area contributed by atoms with Gasteiger partial charge in [-0.1, -0.05) is 11.6 Å². The van der Waals surface area contributed by atoms with Crippen LogP contribution in [0.5, 0.6) is 0 Å². The van der Waals surface area contributed by atoms with Crippen molar-refractivity contribution in [2.45, 2.75) is 6.92 Å². The van der Waals surface area contributed by atoms with Crippen molar-refractivity contribution in [1.29, 1.82) is 0 Å². The molecule has 66 valence electrons.